The summed E-state index contributed by atoms with van der Waals surface area (Å²) < 4.78 is 14.3. The Morgan fingerprint density at radius 1 is 1.17 bits per heavy atom. The van der Waals surface area contributed by atoms with Crippen molar-refractivity contribution in [2.24, 2.45) is 0 Å². The zero-order valence-corrected chi connectivity index (χ0v) is 16.9. The highest BCUT2D eigenvalue weighted by Gasteiger charge is 2.29. The van der Waals surface area contributed by atoms with Gasteiger partial charge in [0.15, 0.2) is 5.78 Å². The van der Waals surface area contributed by atoms with Crippen molar-refractivity contribution < 1.29 is 23.9 Å². The van der Waals surface area contributed by atoms with Gasteiger partial charge in [-0.15, -0.1) is 0 Å². The number of carbonyl (C=O) groups is 3. The lowest BCUT2D eigenvalue weighted by atomic mass is 9.92. The number of aliphatic carboxylic acids is 1. The number of carbonyl (C=O) groups excluding carboxylic acids is 2. The summed E-state index contributed by atoms with van der Waals surface area (Å²) in [6.07, 6.45) is 1.18. The van der Waals surface area contributed by atoms with E-state index in [2.05, 4.69) is 5.32 Å². The number of nitrogens with zero attached hydrogens (tertiary/aromatic N) is 1. The molecule has 1 heterocycles. The van der Waals surface area contributed by atoms with Crippen molar-refractivity contribution in [3.8, 4) is 0 Å². The van der Waals surface area contributed by atoms with Crippen LogP contribution in [0.2, 0.25) is 0 Å². The van der Waals surface area contributed by atoms with Gasteiger partial charge in [-0.1, -0.05) is 37.3 Å². The van der Waals surface area contributed by atoms with E-state index in [0.717, 1.165) is 5.56 Å². The highest BCUT2D eigenvalue weighted by atomic mass is 19.1. The molecule has 2 N–H and O–H groups in total. The normalized spacial score (nSPS) is 12.8. The molecule has 2 atom stereocenters. The van der Waals surface area contributed by atoms with Crippen LogP contribution in [0.3, 0.4) is 0 Å². The van der Waals surface area contributed by atoms with Crippen LogP contribution in [0.4, 0.5) is 4.39 Å². The number of alkyl halides is 1. The Bertz CT molecular complexity index is 971. The molecule has 0 fully saturated rings. The minimum atomic E-state index is -1.48. The number of pyridine rings is 1. The molecule has 0 spiro atoms. The summed E-state index contributed by atoms with van der Waals surface area (Å²) in [6.45, 7) is 2.36. The summed E-state index contributed by atoms with van der Waals surface area (Å²) in [4.78, 5) is 48.6. The largest absolute Gasteiger partial charge is 0.481 e. The van der Waals surface area contributed by atoms with Crippen LogP contribution in [0, 0.1) is 6.92 Å². The minimum Gasteiger partial charge on any atom is -0.481 e. The number of carboxylic acids is 1. The van der Waals surface area contributed by atoms with E-state index in [-0.39, 0.29) is 17.5 Å². The number of Topliss-reactive ketones (excluding diaryl/α,β-unsaturated/α-hetero) is 1. The van der Waals surface area contributed by atoms with Crippen LogP contribution in [0.15, 0.2) is 47.4 Å². The highest BCUT2D eigenvalue weighted by molar-refractivity contribution is 5.94. The number of carboxylic acid groups (broad SMARTS) is 1. The third-order valence-corrected chi connectivity index (χ3v) is 4.91. The zero-order chi connectivity index (χ0) is 22.3. The maximum absolute atomic E-state index is 13.1. The molecule has 0 saturated heterocycles. The molecule has 0 aliphatic carbocycles. The van der Waals surface area contributed by atoms with E-state index in [0.29, 0.717) is 12.1 Å². The molecule has 0 aliphatic rings. The van der Waals surface area contributed by atoms with Crippen molar-refractivity contribution in [3.05, 3.63) is 69.6 Å². The summed E-state index contributed by atoms with van der Waals surface area (Å²) in [5.41, 5.74) is 1.46. The first-order valence-electron chi connectivity index (χ1n) is 9.63. The smallest absolute Gasteiger partial charge is 0.305 e. The molecule has 0 radical (unpaired) electrons. The van der Waals surface area contributed by atoms with Gasteiger partial charge in [0, 0.05) is 11.8 Å². The third-order valence-electron chi connectivity index (χ3n) is 4.91. The fourth-order valence-electron chi connectivity index (χ4n) is 3.32. The standard InChI is InChI=1S/C22H25FN2O5/c1-3-16(21(29)24-17(11-19(27)28)18(26)12-23)20-14(2)9-10-25(22(20)30)13-15-7-5-4-6-8-15/h4-10,16-17H,3,11-13H2,1-2H3,(H,24,29)(H,27,28). The molecule has 2 unspecified atom stereocenters. The molecule has 1 aromatic carbocycles. The number of benzene rings is 1. The number of halogens is 1. The molecule has 0 bridgehead atoms. The lowest BCUT2D eigenvalue weighted by Crippen LogP contribution is -2.46. The first-order chi connectivity index (χ1) is 14.3. The summed E-state index contributed by atoms with van der Waals surface area (Å²) in [7, 11) is 0. The predicted octanol–water partition coefficient (Wildman–Crippen LogP) is 2.20. The molecule has 2 aromatic rings. The maximum Gasteiger partial charge on any atom is 0.305 e. The SMILES string of the molecule is CCC(C(=O)NC(CC(=O)O)C(=O)CF)c1c(C)ccn(Cc2ccccc2)c1=O. The topological polar surface area (TPSA) is 105 Å². The Labute approximate surface area is 173 Å². The summed E-state index contributed by atoms with van der Waals surface area (Å²) in [6, 6.07) is 9.62. The number of ketones is 1. The van der Waals surface area contributed by atoms with Crippen molar-refractivity contribution in [2.75, 3.05) is 6.67 Å². The van der Waals surface area contributed by atoms with E-state index >= 15 is 0 Å². The van der Waals surface area contributed by atoms with Crippen LogP contribution in [-0.2, 0) is 20.9 Å². The molecule has 160 valence electrons. The van der Waals surface area contributed by atoms with Gasteiger partial charge in [0.2, 0.25) is 5.91 Å². The van der Waals surface area contributed by atoms with Crippen molar-refractivity contribution in [1.29, 1.82) is 0 Å². The third kappa shape index (κ3) is 5.62. The number of hydrogen-bond acceptors (Lipinski definition) is 4. The zero-order valence-electron chi connectivity index (χ0n) is 16.9. The van der Waals surface area contributed by atoms with Gasteiger partial charge in [0.1, 0.15) is 12.7 Å². The number of amides is 1. The van der Waals surface area contributed by atoms with Crippen LogP contribution in [0.25, 0.3) is 0 Å². The molecule has 0 saturated carbocycles. The fourth-order valence-corrected chi connectivity index (χ4v) is 3.32. The molecular weight excluding hydrogens is 391 g/mol. The van der Waals surface area contributed by atoms with Crippen LogP contribution < -0.4 is 10.9 Å². The summed E-state index contributed by atoms with van der Waals surface area (Å²) in [5, 5.41) is 11.3. The van der Waals surface area contributed by atoms with E-state index < -0.39 is 42.7 Å². The number of nitrogens with one attached hydrogen (secondary N) is 1. The second kappa shape index (κ2) is 10.5. The van der Waals surface area contributed by atoms with Crippen LogP contribution in [0.1, 0.15) is 42.4 Å². The van der Waals surface area contributed by atoms with Crippen LogP contribution in [-0.4, -0.2) is 40.0 Å². The second-order valence-electron chi connectivity index (χ2n) is 7.05. The Morgan fingerprint density at radius 3 is 2.40 bits per heavy atom. The second-order valence-corrected chi connectivity index (χ2v) is 7.05. The monoisotopic (exact) mass is 416 g/mol. The molecule has 1 aromatic heterocycles. The van der Waals surface area contributed by atoms with Gasteiger partial charge in [-0.2, -0.15) is 0 Å². The lowest BCUT2D eigenvalue weighted by molar-refractivity contribution is -0.140. The molecule has 30 heavy (non-hydrogen) atoms. The maximum atomic E-state index is 13.1. The molecule has 7 nitrogen and oxygen atoms in total. The van der Waals surface area contributed by atoms with Crippen molar-refractivity contribution >= 4 is 17.7 Å². The van der Waals surface area contributed by atoms with E-state index in [1.165, 1.54) is 4.57 Å². The molecule has 1 amide bonds. The number of aromatic nitrogens is 1. The first kappa shape index (κ1) is 23.0. The average molecular weight is 416 g/mol. The van der Waals surface area contributed by atoms with Gasteiger partial charge >= 0.3 is 5.97 Å². The molecular formula is C22H25FN2O5. The Balaban J connectivity index is 2.35. The quantitative estimate of drug-likeness (QED) is 0.618. The molecule has 2 rings (SSSR count). The van der Waals surface area contributed by atoms with Gasteiger partial charge in [-0.3, -0.25) is 19.2 Å². The molecule has 8 heteroatoms. The Morgan fingerprint density at radius 2 is 1.83 bits per heavy atom. The molecule has 0 aliphatic heterocycles. The lowest BCUT2D eigenvalue weighted by Gasteiger charge is -2.21. The van der Waals surface area contributed by atoms with Gasteiger partial charge < -0.3 is 15.0 Å². The number of aryl methyl sites for hydroxylation is 1. The van der Waals surface area contributed by atoms with Gasteiger partial charge in [0.05, 0.1) is 18.9 Å². The van der Waals surface area contributed by atoms with Gasteiger partial charge in [-0.25, -0.2) is 4.39 Å². The predicted molar refractivity (Wildman–Crippen MR) is 109 cm³/mol. The van der Waals surface area contributed by atoms with Crippen molar-refractivity contribution in [1.82, 2.24) is 9.88 Å². The van der Waals surface area contributed by atoms with E-state index in [9.17, 15) is 23.6 Å². The number of hydrogen-bond donors (Lipinski definition) is 2. The fraction of sp³-hybridized carbons (Fsp3) is 0.364. The van der Waals surface area contributed by atoms with E-state index in [1.807, 2.05) is 30.3 Å². The van der Waals surface area contributed by atoms with E-state index in [4.69, 9.17) is 5.11 Å². The van der Waals surface area contributed by atoms with Gasteiger partial charge in [-0.05, 0) is 30.5 Å². The summed E-state index contributed by atoms with van der Waals surface area (Å²) >= 11 is 0. The first-order valence-corrected chi connectivity index (χ1v) is 9.63. The number of rotatable bonds is 10. The van der Waals surface area contributed by atoms with Crippen LogP contribution in [0.5, 0.6) is 0 Å². The van der Waals surface area contributed by atoms with Crippen LogP contribution >= 0.6 is 0 Å². The van der Waals surface area contributed by atoms with Gasteiger partial charge in [0.25, 0.3) is 5.56 Å². The summed E-state index contributed by atoms with van der Waals surface area (Å²) in [5.74, 6) is -3.93. The van der Waals surface area contributed by atoms with Crippen molar-refractivity contribution in [3.63, 3.8) is 0 Å². The minimum absolute atomic E-state index is 0.251. The highest BCUT2D eigenvalue weighted by Crippen LogP contribution is 2.21. The van der Waals surface area contributed by atoms with Crippen molar-refractivity contribution in [2.45, 2.75) is 45.2 Å². The van der Waals surface area contributed by atoms with E-state index in [1.54, 1.807) is 26.1 Å². The average Bonchev–Trinajstić information content (AvgIpc) is 2.72. The Kier molecular flexibility index (Phi) is 8.03. The Hall–Kier alpha value is -3.29.